The molecule has 1 aliphatic heterocycles. The van der Waals surface area contributed by atoms with Gasteiger partial charge in [0.05, 0.1) is 5.75 Å². The summed E-state index contributed by atoms with van der Waals surface area (Å²) in [5.74, 6) is 1.33. The van der Waals surface area contributed by atoms with Gasteiger partial charge in [0, 0.05) is 44.9 Å². The maximum Gasteiger partial charge on any atom is 0.225 e. The number of nitrogens with one attached hydrogen (secondary N) is 2. The summed E-state index contributed by atoms with van der Waals surface area (Å²) in [6.45, 7) is 2.14. The van der Waals surface area contributed by atoms with Gasteiger partial charge < -0.3 is 15.5 Å². The highest BCUT2D eigenvalue weighted by Gasteiger charge is 2.32. The molecule has 1 unspecified atom stereocenters. The smallest absolute Gasteiger partial charge is 0.225 e. The summed E-state index contributed by atoms with van der Waals surface area (Å²) in [4.78, 5) is 18.9. The van der Waals surface area contributed by atoms with Crippen LogP contribution < -0.4 is 10.6 Å². The van der Waals surface area contributed by atoms with E-state index in [1.807, 2.05) is 29.2 Å². The van der Waals surface area contributed by atoms with Crippen molar-refractivity contribution >= 4 is 21.7 Å². The second-order valence-electron chi connectivity index (χ2n) is 8.21. The zero-order chi connectivity index (χ0) is 20.9. The lowest BCUT2D eigenvalue weighted by atomic mass is 10.1. The number of hydrogen-bond acceptors (Lipinski definition) is 4. The standard InChI is InChI=1S/C21H32N4O3S/c1-22-21(23-13-16-7-9-17(10-8-16)15-29(2,27)28)24-19-11-12-25(14-19)20(26)18-5-3-4-6-18/h7-10,18-19H,3-6,11-15H2,1-2H3,(H2,22,23,24). The number of carbonyl (C=O) groups excluding carboxylic acids is 1. The summed E-state index contributed by atoms with van der Waals surface area (Å²) in [5, 5.41) is 6.72. The number of hydrogen-bond donors (Lipinski definition) is 2. The number of likely N-dealkylation sites (tertiary alicyclic amines) is 1. The first-order valence-corrected chi connectivity index (χ1v) is 12.4. The summed E-state index contributed by atoms with van der Waals surface area (Å²) < 4.78 is 22.8. The average Bonchev–Trinajstić information content (AvgIpc) is 3.36. The van der Waals surface area contributed by atoms with Crippen molar-refractivity contribution in [3.05, 3.63) is 35.4 Å². The van der Waals surface area contributed by atoms with Crippen LogP contribution in [0.1, 0.15) is 43.2 Å². The van der Waals surface area contributed by atoms with Gasteiger partial charge in [0.2, 0.25) is 5.91 Å². The molecule has 8 heteroatoms. The number of aliphatic imine (C=N–C) groups is 1. The molecular weight excluding hydrogens is 388 g/mol. The molecule has 0 bridgehead atoms. The minimum atomic E-state index is -3.02. The highest BCUT2D eigenvalue weighted by Crippen LogP contribution is 2.27. The average molecular weight is 421 g/mol. The Balaban J connectivity index is 1.45. The molecule has 1 aromatic carbocycles. The quantitative estimate of drug-likeness (QED) is 0.540. The van der Waals surface area contributed by atoms with Crippen molar-refractivity contribution in [2.24, 2.45) is 10.9 Å². The first-order chi connectivity index (χ1) is 13.8. The number of sulfone groups is 1. The molecule has 1 saturated heterocycles. The SMILES string of the molecule is CN=C(NCc1ccc(CS(C)(=O)=O)cc1)NC1CCN(C(=O)C2CCCC2)C1. The lowest BCUT2D eigenvalue weighted by molar-refractivity contribution is -0.134. The van der Waals surface area contributed by atoms with Crippen LogP contribution in [0.25, 0.3) is 0 Å². The van der Waals surface area contributed by atoms with E-state index in [1.54, 1.807) is 7.05 Å². The summed E-state index contributed by atoms with van der Waals surface area (Å²) in [5.41, 5.74) is 1.84. The lowest BCUT2D eigenvalue weighted by Crippen LogP contribution is -2.45. The molecule has 29 heavy (non-hydrogen) atoms. The second-order valence-corrected chi connectivity index (χ2v) is 10.3. The van der Waals surface area contributed by atoms with Gasteiger partial charge in [-0.05, 0) is 30.4 Å². The molecule has 1 heterocycles. The fourth-order valence-corrected chi connectivity index (χ4v) is 4.94. The molecular formula is C21H32N4O3S. The minimum absolute atomic E-state index is 0.0572. The van der Waals surface area contributed by atoms with Crippen molar-refractivity contribution in [2.75, 3.05) is 26.4 Å². The summed E-state index contributed by atoms with van der Waals surface area (Å²) in [6, 6.07) is 7.76. The molecule has 1 amide bonds. The van der Waals surface area contributed by atoms with Crippen LogP contribution in [0.5, 0.6) is 0 Å². The third kappa shape index (κ3) is 6.45. The van der Waals surface area contributed by atoms with Gasteiger partial charge >= 0.3 is 0 Å². The van der Waals surface area contributed by atoms with E-state index in [1.165, 1.54) is 19.1 Å². The van der Waals surface area contributed by atoms with Crippen LogP contribution in [0.4, 0.5) is 0 Å². The predicted octanol–water partition coefficient (Wildman–Crippen LogP) is 1.69. The van der Waals surface area contributed by atoms with Crippen LogP contribution in [0.3, 0.4) is 0 Å². The van der Waals surface area contributed by atoms with E-state index in [9.17, 15) is 13.2 Å². The molecule has 7 nitrogen and oxygen atoms in total. The van der Waals surface area contributed by atoms with Gasteiger partial charge in [-0.3, -0.25) is 9.79 Å². The first kappa shape index (κ1) is 21.6. The molecule has 160 valence electrons. The Labute approximate surface area is 173 Å². The maximum atomic E-state index is 12.6. The van der Waals surface area contributed by atoms with Crippen LogP contribution in [0.15, 0.2) is 29.3 Å². The number of amides is 1. The van der Waals surface area contributed by atoms with Crippen molar-refractivity contribution < 1.29 is 13.2 Å². The van der Waals surface area contributed by atoms with Crippen LogP contribution in [-0.4, -0.2) is 57.6 Å². The summed E-state index contributed by atoms with van der Waals surface area (Å²) in [6.07, 6.45) is 6.61. The summed E-state index contributed by atoms with van der Waals surface area (Å²) >= 11 is 0. The van der Waals surface area contributed by atoms with Crippen molar-refractivity contribution in [2.45, 2.75) is 50.4 Å². The number of guanidine groups is 1. The molecule has 1 aliphatic carbocycles. The Bertz CT molecular complexity index is 830. The van der Waals surface area contributed by atoms with Crippen LogP contribution in [-0.2, 0) is 26.9 Å². The molecule has 3 rings (SSSR count). The Kier molecular flexibility index (Phi) is 7.16. The molecule has 1 aromatic rings. The Morgan fingerprint density at radius 3 is 2.41 bits per heavy atom. The predicted molar refractivity (Wildman–Crippen MR) is 115 cm³/mol. The maximum absolute atomic E-state index is 12.6. The van der Waals surface area contributed by atoms with Gasteiger partial charge in [-0.25, -0.2) is 8.42 Å². The van der Waals surface area contributed by atoms with E-state index < -0.39 is 9.84 Å². The fraction of sp³-hybridized carbons (Fsp3) is 0.619. The van der Waals surface area contributed by atoms with E-state index >= 15 is 0 Å². The van der Waals surface area contributed by atoms with Crippen LogP contribution in [0.2, 0.25) is 0 Å². The van der Waals surface area contributed by atoms with Crippen molar-refractivity contribution in [3.8, 4) is 0 Å². The molecule has 0 spiro atoms. The van der Waals surface area contributed by atoms with Crippen molar-refractivity contribution in [1.29, 1.82) is 0 Å². The number of nitrogens with zero attached hydrogens (tertiary/aromatic N) is 2. The van der Waals surface area contributed by atoms with Gasteiger partial charge in [0.15, 0.2) is 15.8 Å². The fourth-order valence-electron chi connectivity index (χ4n) is 4.14. The minimum Gasteiger partial charge on any atom is -0.352 e. The van der Waals surface area contributed by atoms with Crippen LogP contribution in [0, 0.1) is 5.92 Å². The molecule has 2 N–H and O–H groups in total. The van der Waals surface area contributed by atoms with Gasteiger partial charge in [-0.1, -0.05) is 37.1 Å². The Morgan fingerprint density at radius 1 is 1.14 bits per heavy atom. The number of carbonyl (C=O) groups is 1. The van der Waals surface area contributed by atoms with Gasteiger partial charge in [-0.2, -0.15) is 0 Å². The van der Waals surface area contributed by atoms with Crippen molar-refractivity contribution in [3.63, 3.8) is 0 Å². The second kappa shape index (κ2) is 9.61. The Hall–Kier alpha value is -2.09. The third-order valence-electron chi connectivity index (χ3n) is 5.68. The van der Waals surface area contributed by atoms with Crippen LogP contribution >= 0.6 is 0 Å². The van der Waals surface area contributed by atoms with Gasteiger partial charge in [0.25, 0.3) is 0 Å². The zero-order valence-electron chi connectivity index (χ0n) is 17.4. The van der Waals surface area contributed by atoms with E-state index in [0.717, 1.165) is 43.5 Å². The van der Waals surface area contributed by atoms with Gasteiger partial charge in [0.1, 0.15) is 0 Å². The highest BCUT2D eigenvalue weighted by atomic mass is 32.2. The molecule has 1 saturated carbocycles. The molecule has 0 radical (unpaired) electrons. The molecule has 2 fully saturated rings. The third-order valence-corrected chi connectivity index (χ3v) is 6.54. The first-order valence-electron chi connectivity index (χ1n) is 10.4. The topological polar surface area (TPSA) is 90.9 Å². The van der Waals surface area contributed by atoms with Crippen molar-refractivity contribution in [1.82, 2.24) is 15.5 Å². The van der Waals surface area contributed by atoms with E-state index in [2.05, 4.69) is 15.6 Å². The van der Waals surface area contributed by atoms with Gasteiger partial charge in [-0.15, -0.1) is 0 Å². The number of rotatable bonds is 6. The largest absolute Gasteiger partial charge is 0.352 e. The van der Waals surface area contributed by atoms with E-state index in [0.29, 0.717) is 18.4 Å². The van der Waals surface area contributed by atoms with E-state index in [4.69, 9.17) is 0 Å². The number of benzene rings is 1. The Morgan fingerprint density at radius 2 is 1.79 bits per heavy atom. The molecule has 0 aromatic heterocycles. The molecule has 1 atom stereocenters. The lowest BCUT2D eigenvalue weighted by Gasteiger charge is -2.21. The summed E-state index contributed by atoms with van der Waals surface area (Å²) in [7, 11) is -1.29. The zero-order valence-corrected chi connectivity index (χ0v) is 18.2. The molecule has 2 aliphatic rings. The highest BCUT2D eigenvalue weighted by molar-refractivity contribution is 7.89. The monoisotopic (exact) mass is 420 g/mol. The van der Waals surface area contributed by atoms with E-state index in [-0.39, 0.29) is 17.7 Å². The normalized spacial score (nSPS) is 20.8.